The first-order valence-electron chi connectivity index (χ1n) is 5.85. The number of aromatic nitrogens is 1. The van der Waals surface area contributed by atoms with E-state index in [0.29, 0.717) is 0 Å². The molecule has 0 amide bonds. The number of carbonyl (C=O) groups excluding carboxylic acids is 1. The van der Waals surface area contributed by atoms with Crippen molar-refractivity contribution in [2.24, 2.45) is 0 Å². The highest BCUT2D eigenvalue weighted by Crippen LogP contribution is 2.19. The van der Waals surface area contributed by atoms with Crippen LogP contribution in [0.3, 0.4) is 0 Å². The minimum Gasteiger partial charge on any atom is -0.348 e. The molecular formula is C14H18ClNOS. The second-order valence-corrected chi connectivity index (χ2v) is 5.93. The third-order valence-corrected chi connectivity index (χ3v) is 3.89. The molecule has 0 spiro atoms. The Labute approximate surface area is 118 Å². The summed E-state index contributed by atoms with van der Waals surface area (Å²) in [5, 5.41) is -0.477. The topological polar surface area (TPSA) is 22.0 Å². The molecule has 0 fully saturated rings. The standard InChI is InChI=1S/C14H18ClNOS/c1-5-7-18-8-6-16-10(2)9-13(12(16)4)14(17)11(3)15/h1,9,11H,6-8H2,2-4H3. The van der Waals surface area contributed by atoms with Gasteiger partial charge in [-0.25, -0.2) is 0 Å². The van der Waals surface area contributed by atoms with E-state index in [1.807, 2.05) is 19.9 Å². The van der Waals surface area contributed by atoms with Crippen molar-refractivity contribution in [2.45, 2.75) is 32.7 Å². The monoisotopic (exact) mass is 283 g/mol. The summed E-state index contributed by atoms with van der Waals surface area (Å²) in [5.74, 6) is 4.27. The number of thioether (sulfide) groups is 1. The van der Waals surface area contributed by atoms with Gasteiger partial charge in [-0.15, -0.1) is 29.8 Å². The van der Waals surface area contributed by atoms with Gasteiger partial charge in [0.15, 0.2) is 5.78 Å². The first-order valence-corrected chi connectivity index (χ1v) is 7.44. The molecule has 2 nitrogen and oxygen atoms in total. The van der Waals surface area contributed by atoms with E-state index in [2.05, 4.69) is 10.5 Å². The molecule has 1 unspecified atom stereocenters. The Morgan fingerprint density at radius 1 is 1.61 bits per heavy atom. The van der Waals surface area contributed by atoms with Crippen LogP contribution in [0.25, 0.3) is 0 Å². The molecule has 0 aliphatic heterocycles. The summed E-state index contributed by atoms with van der Waals surface area (Å²) in [4.78, 5) is 11.9. The van der Waals surface area contributed by atoms with Gasteiger partial charge < -0.3 is 4.57 Å². The van der Waals surface area contributed by atoms with Crippen LogP contribution < -0.4 is 0 Å². The molecule has 0 aliphatic rings. The maximum Gasteiger partial charge on any atom is 0.182 e. The number of rotatable bonds is 6. The van der Waals surface area contributed by atoms with Crippen LogP contribution in [0, 0.1) is 26.2 Å². The average molecular weight is 284 g/mol. The zero-order valence-corrected chi connectivity index (χ0v) is 12.6. The van der Waals surface area contributed by atoms with Gasteiger partial charge in [-0.05, 0) is 26.8 Å². The normalized spacial score (nSPS) is 12.2. The van der Waals surface area contributed by atoms with Crippen LogP contribution in [0.2, 0.25) is 0 Å². The number of carbonyl (C=O) groups is 1. The van der Waals surface area contributed by atoms with Gasteiger partial charge >= 0.3 is 0 Å². The Kier molecular flexibility index (Phi) is 5.84. The summed E-state index contributed by atoms with van der Waals surface area (Å²) in [6.45, 7) is 6.55. The van der Waals surface area contributed by atoms with E-state index in [1.165, 1.54) is 0 Å². The summed E-state index contributed by atoms with van der Waals surface area (Å²) >= 11 is 7.58. The van der Waals surface area contributed by atoms with Crippen LogP contribution >= 0.6 is 23.4 Å². The Hall–Kier alpha value is -0.850. The fourth-order valence-corrected chi connectivity index (χ4v) is 2.59. The average Bonchev–Trinajstić information content (AvgIpc) is 2.60. The van der Waals surface area contributed by atoms with Crippen molar-refractivity contribution in [1.29, 1.82) is 0 Å². The van der Waals surface area contributed by atoms with Crippen LogP contribution in [0.4, 0.5) is 0 Å². The van der Waals surface area contributed by atoms with E-state index >= 15 is 0 Å². The van der Waals surface area contributed by atoms with Crippen LogP contribution in [0.15, 0.2) is 6.07 Å². The van der Waals surface area contributed by atoms with Gasteiger partial charge in [0.05, 0.1) is 11.1 Å². The summed E-state index contributed by atoms with van der Waals surface area (Å²) in [7, 11) is 0. The fraction of sp³-hybridized carbons (Fsp3) is 0.500. The second-order valence-electron chi connectivity index (χ2n) is 4.17. The van der Waals surface area contributed by atoms with Crippen molar-refractivity contribution in [2.75, 3.05) is 11.5 Å². The maximum absolute atomic E-state index is 11.9. The summed E-state index contributed by atoms with van der Waals surface area (Å²) in [6.07, 6.45) is 5.21. The van der Waals surface area contributed by atoms with Crippen molar-refractivity contribution < 1.29 is 4.79 Å². The number of aryl methyl sites for hydroxylation is 1. The van der Waals surface area contributed by atoms with E-state index < -0.39 is 5.38 Å². The number of Topliss-reactive ketones (excluding diaryl/α,β-unsaturated/α-hetero) is 1. The first-order chi connectivity index (χ1) is 8.49. The second kappa shape index (κ2) is 6.92. The molecule has 1 rings (SSSR count). The highest BCUT2D eigenvalue weighted by Gasteiger charge is 2.18. The molecule has 0 saturated heterocycles. The van der Waals surface area contributed by atoms with Gasteiger partial charge in [0.2, 0.25) is 0 Å². The van der Waals surface area contributed by atoms with E-state index in [1.54, 1.807) is 18.7 Å². The lowest BCUT2D eigenvalue weighted by molar-refractivity contribution is 0.0991. The number of halogens is 1. The van der Waals surface area contributed by atoms with Crippen LogP contribution in [-0.2, 0) is 6.54 Å². The predicted octanol–water partition coefficient (Wildman–Crippen LogP) is 3.28. The van der Waals surface area contributed by atoms with Gasteiger partial charge in [0.25, 0.3) is 0 Å². The zero-order valence-electron chi connectivity index (χ0n) is 11.0. The number of ketones is 1. The quantitative estimate of drug-likeness (QED) is 0.346. The molecule has 0 aromatic carbocycles. The van der Waals surface area contributed by atoms with Crippen LogP contribution in [-0.4, -0.2) is 27.2 Å². The van der Waals surface area contributed by atoms with Gasteiger partial charge in [0.1, 0.15) is 0 Å². The van der Waals surface area contributed by atoms with Crippen molar-refractivity contribution in [3.8, 4) is 12.3 Å². The van der Waals surface area contributed by atoms with E-state index in [9.17, 15) is 4.79 Å². The lowest BCUT2D eigenvalue weighted by atomic mass is 10.1. The van der Waals surface area contributed by atoms with Gasteiger partial charge in [-0.1, -0.05) is 5.92 Å². The minimum absolute atomic E-state index is 0.00713. The Morgan fingerprint density at radius 2 is 2.28 bits per heavy atom. The summed E-state index contributed by atoms with van der Waals surface area (Å²) in [5.41, 5.74) is 2.82. The molecule has 0 bridgehead atoms. The van der Waals surface area contributed by atoms with Gasteiger partial charge in [-0.3, -0.25) is 4.79 Å². The van der Waals surface area contributed by atoms with Crippen molar-refractivity contribution in [3.05, 3.63) is 23.0 Å². The molecule has 4 heteroatoms. The first kappa shape index (κ1) is 15.2. The molecule has 1 atom stereocenters. The molecule has 0 aliphatic carbocycles. The molecule has 98 valence electrons. The molecule has 1 heterocycles. The number of hydrogen-bond acceptors (Lipinski definition) is 2. The van der Waals surface area contributed by atoms with Crippen LogP contribution in [0.5, 0.6) is 0 Å². The lowest BCUT2D eigenvalue weighted by Gasteiger charge is -2.09. The van der Waals surface area contributed by atoms with E-state index in [4.69, 9.17) is 18.0 Å². The molecule has 1 aromatic rings. The van der Waals surface area contributed by atoms with Crippen molar-refractivity contribution in [1.82, 2.24) is 4.57 Å². The third kappa shape index (κ3) is 3.57. The Bertz CT molecular complexity index is 471. The van der Waals surface area contributed by atoms with Crippen molar-refractivity contribution in [3.63, 3.8) is 0 Å². The maximum atomic E-state index is 11.9. The largest absolute Gasteiger partial charge is 0.348 e. The number of nitrogens with zero attached hydrogens (tertiary/aromatic N) is 1. The molecule has 0 saturated carbocycles. The SMILES string of the molecule is C#CCSCCn1c(C)cc(C(=O)C(C)Cl)c1C. The molecule has 18 heavy (non-hydrogen) atoms. The van der Waals surface area contributed by atoms with Crippen molar-refractivity contribution >= 4 is 29.1 Å². The van der Waals surface area contributed by atoms with Gasteiger partial charge in [-0.2, -0.15) is 0 Å². The minimum atomic E-state index is -0.477. The smallest absolute Gasteiger partial charge is 0.182 e. The molecular weight excluding hydrogens is 266 g/mol. The third-order valence-electron chi connectivity index (χ3n) is 2.85. The van der Waals surface area contributed by atoms with Crippen LogP contribution in [0.1, 0.15) is 28.7 Å². The lowest BCUT2D eigenvalue weighted by Crippen LogP contribution is -2.12. The number of terminal acetylenes is 1. The van der Waals surface area contributed by atoms with E-state index in [-0.39, 0.29) is 5.78 Å². The molecule has 0 N–H and O–H groups in total. The highest BCUT2D eigenvalue weighted by atomic mass is 35.5. The predicted molar refractivity (Wildman–Crippen MR) is 79.7 cm³/mol. The van der Waals surface area contributed by atoms with Gasteiger partial charge in [0, 0.05) is 29.2 Å². The summed E-state index contributed by atoms with van der Waals surface area (Å²) < 4.78 is 2.15. The number of alkyl halides is 1. The molecule has 1 aromatic heterocycles. The zero-order chi connectivity index (χ0) is 13.7. The molecule has 0 radical (unpaired) electrons. The highest BCUT2D eigenvalue weighted by molar-refractivity contribution is 7.99. The van der Waals surface area contributed by atoms with E-state index in [0.717, 1.165) is 35.0 Å². The Balaban J connectivity index is 2.82. The number of hydrogen-bond donors (Lipinski definition) is 0. The Morgan fingerprint density at radius 3 is 2.83 bits per heavy atom. The summed E-state index contributed by atoms with van der Waals surface area (Å²) in [6, 6.07) is 1.92. The fourth-order valence-electron chi connectivity index (χ4n) is 1.90.